The fraction of sp³-hybridized carbons (Fsp3) is 0.925. The standard InChI is InChI=1S/C67H123O24P/c1-4-7-10-13-16-19-22-24-27-29-32-35-38-41-51(69)83-45-48(86-53(71)43-40-37-34-31-26-21-18-15-12-9-6-3)46-85-92(81,82)91-65-63(89-66-61(79)56(74)54(72)49(44-68)87-66)59(77)58(76)60(78)64(65)90-67-62(80)57(75)55(73)50(88-67)47-84-52(70)42-39-36-33-30-28-25-23-20-17-14-11-8-5-2/h25,28,48-50,54-68,72-80H,4-24,26-27,29-47H2,1-3H3,(H,81,82)/b28-25-. The van der Waals surface area contributed by atoms with Crippen LogP contribution in [0.15, 0.2) is 12.2 Å². The molecule has 11 N–H and O–H groups in total. The maximum atomic E-state index is 14.3. The van der Waals surface area contributed by atoms with Gasteiger partial charge in [0.15, 0.2) is 18.7 Å². The number of aliphatic hydroxyl groups excluding tert-OH is 10. The van der Waals surface area contributed by atoms with Crippen molar-refractivity contribution in [3.8, 4) is 0 Å². The predicted octanol–water partition coefficient (Wildman–Crippen LogP) is 8.40. The van der Waals surface area contributed by atoms with Gasteiger partial charge < -0.3 is 89.1 Å². The van der Waals surface area contributed by atoms with Gasteiger partial charge >= 0.3 is 25.7 Å². The Hall–Kier alpha value is -2.30. The number of allylic oxidation sites excluding steroid dienone is 2. The van der Waals surface area contributed by atoms with Gasteiger partial charge in [0.1, 0.15) is 98.7 Å². The summed E-state index contributed by atoms with van der Waals surface area (Å²) >= 11 is 0. The number of esters is 3. The van der Waals surface area contributed by atoms with Crippen molar-refractivity contribution >= 4 is 25.7 Å². The Kier molecular flexibility index (Phi) is 45.7. The van der Waals surface area contributed by atoms with Crippen molar-refractivity contribution in [2.75, 3.05) is 26.4 Å². The lowest BCUT2D eigenvalue weighted by Crippen LogP contribution is -2.69. The molecule has 540 valence electrons. The van der Waals surface area contributed by atoms with E-state index in [0.717, 1.165) is 96.3 Å². The molecule has 1 saturated carbocycles. The van der Waals surface area contributed by atoms with Crippen LogP contribution in [0.3, 0.4) is 0 Å². The van der Waals surface area contributed by atoms with Gasteiger partial charge in [-0.2, -0.15) is 0 Å². The minimum Gasteiger partial charge on any atom is -0.463 e. The van der Waals surface area contributed by atoms with E-state index in [0.29, 0.717) is 19.3 Å². The van der Waals surface area contributed by atoms with Gasteiger partial charge in [0.25, 0.3) is 0 Å². The number of hydrogen-bond donors (Lipinski definition) is 11. The Balaban J connectivity index is 1.76. The van der Waals surface area contributed by atoms with E-state index in [1.807, 2.05) is 0 Å². The van der Waals surface area contributed by atoms with Gasteiger partial charge in [-0.15, -0.1) is 0 Å². The lowest BCUT2D eigenvalue weighted by molar-refractivity contribution is -0.360. The fourth-order valence-electron chi connectivity index (χ4n) is 11.7. The summed E-state index contributed by atoms with van der Waals surface area (Å²) in [6.45, 7) is 3.39. The summed E-state index contributed by atoms with van der Waals surface area (Å²) in [5.41, 5.74) is 0. The second-order valence-corrected chi connectivity index (χ2v) is 27.0. The number of ether oxygens (including phenoxy) is 7. The summed E-state index contributed by atoms with van der Waals surface area (Å²) in [6, 6.07) is 0. The van der Waals surface area contributed by atoms with Crippen LogP contribution in [0.25, 0.3) is 0 Å². The van der Waals surface area contributed by atoms with E-state index in [4.69, 9.17) is 42.2 Å². The van der Waals surface area contributed by atoms with Crippen molar-refractivity contribution in [1.82, 2.24) is 0 Å². The molecule has 18 atom stereocenters. The second-order valence-electron chi connectivity index (χ2n) is 25.6. The molecule has 3 aliphatic rings. The highest BCUT2D eigenvalue weighted by Gasteiger charge is 2.58. The average Bonchev–Trinajstić information content (AvgIpc) is 0.773. The van der Waals surface area contributed by atoms with Crippen molar-refractivity contribution in [3.05, 3.63) is 12.2 Å². The highest BCUT2D eigenvalue weighted by Crippen LogP contribution is 2.49. The molecule has 0 bridgehead atoms. The number of carbonyl (C=O) groups is 3. The Bertz CT molecular complexity index is 1970. The SMILES string of the molecule is CCCCCCCC/C=C\CCCCCC(=O)OCC1OC(OC2C(O)C(O)C(O)C(OC3OC(CO)C(O)C(O)C3O)C2OP(=O)(O)OCC(COC(=O)CCCCCCCCCCCCCCC)OC(=O)CCCCCCCCCCCCC)C(O)C(O)C1O. The van der Waals surface area contributed by atoms with Gasteiger partial charge in [0.2, 0.25) is 0 Å². The number of aliphatic hydroxyl groups is 10. The van der Waals surface area contributed by atoms with Crippen LogP contribution >= 0.6 is 7.82 Å². The first-order chi connectivity index (χ1) is 44.3. The molecule has 25 heteroatoms. The van der Waals surface area contributed by atoms with Crippen molar-refractivity contribution in [2.45, 2.75) is 369 Å². The predicted molar refractivity (Wildman–Crippen MR) is 342 cm³/mol. The van der Waals surface area contributed by atoms with Gasteiger partial charge in [0, 0.05) is 19.3 Å². The van der Waals surface area contributed by atoms with Crippen LogP contribution < -0.4 is 0 Å². The quantitative estimate of drug-likeness (QED) is 0.00894. The molecular weight excluding hydrogens is 1220 g/mol. The molecule has 2 heterocycles. The fourth-order valence-corrected chi connectivity index (χ4v) is 12.7. The third-order valence-corrected chi connectivity index (χ3v) is 18.5. The molecule has 0 aromatic heterocycles. The van der Waals surface area contributed by atoms with Crippen LogP contribution in [0, 0.1) is 0 Å². The molecule has 0 amide bonds. The summed E-state index contributed by atoms with van der Waals surface area (Å²) in [4.78, 5) is 50.8. The van der Waals surface area contributed by atoms with Crippen LogP contribution in [0.1, 0.15) is 265 Å². The van der Waals surface area contributed by atoms with E-state index in [1.165, 1.54) is 109 Å². The minimum absolute atomic E-state index is 0.00925. The molecule has 2 aliphatic heterocycles. The van der Waals surface area contributed by atoms with Gasteiger partial charge in [-0.05, 0) is 44.9 Å². The van der Waals surface area contributed by atoms with Crippen molar-refractivity contribution in [3.63, 3.8) is 0 Å². The Labute approximate surface area is 548 Å². The molecule has 0 radical (unpaired) electrons. The molecule has 0 aromatic carbocycles. The lowest BCUT2D eigenvalue weighted by Gasteiger charge is -2.49. The molecule has 0 aromatic rings. The normalized spacial score (nSPS) is 28.7. The molecule has 24 nitrogen and oxygen atoms in total. The number of phosphoric acid groups is 1. The van der Waals surface area contributed by atoms with Gasteiger partial charge in [-0.25, -0.2) is 4.57 Å². The molecule has 0 spiro atoms. The number of hydrogen-bond acceptors (Lipinski definition) is 23. The monoisotopic (exact) mass is 1340 g/mol. The highest BCUT2D eigenvalue weighted by atomic mass is 31.2. The van der Waals surface area contributed by atoms with Crippen molar-refractivity contribution < 1.29 is 117 Å². The zero-order valence-corrected chi connectivity index (χ0v) is 56.7. The number of unbranched alkanes of at least 4 members (excludes halogenated alkanes) is 31. The summed E-state index contributed by atoms with van der Waals surface area (Å²) < 4.78 is 64.8. The van der Waals surface area contributed by atoms with E-state index in [2.05, 4.69) is 32.9 Å². The van der Waals surface area contributed by atoms with E-state index >= 15 is 0 Å². The largest absolute Gasteiger partial charge is 0.472 e. The van der Waals surface area contributed by atoms with E-state index < -0.39 is 156 Å². The first-order valence-corrected chi connectivity index (χ1v) is 37.0. The second kappa shape index (κ2) is 50.1. The van der Waals surface area contributed by atoms with Crippen LogP contribution in [-0.2, 0) is 61.2 Å². The zero-order chi connectivity index (χ0) is 67.5. The lowest BCUT2D eigenvalue weighted by atomic mass is 9.84. The molecule has 2 saturated heterocycles. The Morgan fingerprint density at radius 2 is 0.761 bits per heavy atom. The molecule has 92 heavy (non-hydrogen) atoms. The summed E-state index contributed by atoms with van der Waals surface area (Å²) in [7, 11) is -5.69. The summed E-state index contributed by atoms with van der Waals surface area (Å²) in [5, 5.41) is 110. The third kappa shape index (κ3) is 33.8. The van der Waals surface area contributed by atoms with E-state index in [-0.39, 0.29) is 19.3 Å². The summed E-state index contributed by atoms with van der Waals surface area (Å²) in [6.07, 6.45) is 6.03. The van der Waals surface area contributed by atoms with E-state index in [1.54, 1.807) is 0 Å². The molecular formula is C67H123O24P. The van der Waals surface area contributed by atoms with Crippen LogP contribution in [-0.4, -0.2) is 204 Å². The Morgan fingerprint density at radius 3 is 1.18 bits per heavy atom. The smallest absolute Gasteiger partial charge is 0.463 e. The summed E-state index contributed by atoms with van der Waals surface area (Å²) in [5.74, 6) is -2.00. The van der Waals surface area contributed by atoms with E-state index in [9.17, 15) is 74.9 Å². The zero-order valence-electron chi connectivity index (χ0n) is 55.8. The van der Waals surface area contributed by atoms with Crippen LogP contribution in [0.5, 0.6) is 0 Å². The number of phosphoric ester groups is 1. The third-order valence-electron chi connectivity index (χ3n) is 17.5. The van der Waals surface area contributed by atoms with Crippen LogP contribution in [0.4, 0.5) is 0 Å². The van der Waals surface area contributed by atoms with Crippen LogP contribution in [0.2, 0.25) is 0 Å². The number of carbonyl (C=O) groups excluding carboxylic acids is 3. The molecule has 18 unspecified atom stereocenters. The first-order valence-electron chi connectivity index (χ1n) is 35.5. The maximum Gasteiger partial charge on any atom is 0.472 e. The maximum absolute atomic E-state index is 14.3. The molecule has 3 rings (SSSR count). The van der Waals surface area contributed by atoms with Crippen molar-refractivity contribution in [2.24, 2.45) is 0 Å². The molecule has 1 aliphatic carbocycles. The van der Waals surface area contributed by atoms with Gasteiger partial charge in [0.05, 0.1) is 13.2 Å². The number of rotatable bonds is 54. The first kappa shape index (κ1) is 83.9. The van der Waals surface area contributed by atoms with Crippen molar-refractivity contribution in [1.29, 1.82) is 0 Å². The highest BCUT2D eigenvalue weighted by molar-refractivity contribution is 7.47. The van der Waals surface area contributed by atoms with Gasteiger partial charge in [-0.3, -0.25) is 23.4 Å². The topological polar surface area (TPSA) is 374 Å². The minimum atomic E-state index is -5.69. The van der Waals surface area contributed by atoms with Gasteiger partial charge in [-0.1, -0.05) is 213 Å². The molecule has 3 fully saturated rings. The average molecular weight is 1340 g/mol. The Morgan fingerprint density at radius 1 is 0.413 bits per heavy atom.